The van der Waals surface area contributed by atoms with Crippen molar-refractivity contribution in [2.24, 2.45) is 0 Å². The second-order valence-corrected chi connectivity index (χ2v) is 12.8. The monoisotopic (exact) mass is 626 g/mol. The van der Waals surface area contributed by atoms with Gasteiger partial charge < -0.3 is 10.0 Å². The molecular weight excluding hydrogens is 588 g/mol. The number of hydrogen-bond acceptors (Lipinski definition) is 3. The second kappa shape index (κ2) is 12.9. The first-order valence-electron chi connectivity index (χ1n) is 16.4. The minimum absolute atomic E-state index is 0.0987. The molecule has 5 aromatic rings. The summed E-state index contributed by atoms with van der Waals surface area (Å²) in [5, 5.41) is 13.6. The summed E-state index contributed by atoms with van der Waals surface area (Å²) in [5.41, 5.74) is 12.7. The standard InChI is InChI=1S/C44H38N2O2/c1-29-5-17-35(18-6-29)45(36-19-7-30(2)8-20-36)39-25-13-33(14-26-39)41-43(47)42(44(41)48)34-15-27-40(28-16-34)46(37-21-9-31(3)10-22-37)38-23-11-32(4)12-24-38/h5-28,41,43H,1-4H3. The van der Waals surface area contributed by atoms with E-state index < -0.39 is 12.0 Å². The van der Waals surface area contributed by atoms with Crippen LogP contribution in [-0.2, 0) is 4.79 Å². The largest absolute Gasteiger partial charge is 0.848 e. The number of rotatable bonds is 6. The Morgan fingerprint density at radius 1 is 0.521 bits per heavy atom. The molecule has 236 valence electrons. The summed E-state index contributed by atoms with van der Waals surface area (Å²) < 4.78 is 2.19. The molecule has 2 unspecified atom stereocenters. The summed E-state index contributed by atoms with van der Waals surface area (Å²) in [4.78, 5) is 15.8. The fourth-order valence-electron chi connectivity index (χ4n) is 6.44. The van der Waals surface area contributed by atoms with Crippen LogP contribution in [0.2, 0.25) is 0 Å². The van der Waals surface area contributed by atoms with Crippen LogP contribution >= 0.6 is 0 Å². The van der Waals surface area contributed by atoms with Gasteiger partial charge in [0.2, 0.25) is 17.1 Å². The summed E-state index contributed by atoms with van der Waals surface area (Å²) in [6, 6.07) is 41.6. The first kappa shape index (κ1) is 31.0. The van der Waals surface area contributed by atoms with Gasteiger partial charge in [-0.05, 0) is 93.0 Å². The van der Waals surface area contributed by atoms with Gasteiger partial charge in [0.05, 0.1) is 0 Å². The lowest BCUT2D eigenvalue weighted by atomic mass is 9.69. The molecule has 4 nitrogen and oxygen atoms in total. The Morgan fingerprint density at radius 2 is 0.896 bits per heavy atom. The van der Waals surface area contributed by atoms with E-state index in [1.807, 2.05) is 48.6 Å². The molecule has 5 aromatic carbocycles. The van der Waals surface area contributed by atoms with Crippen molar-refractivity contribution < 1.29 is 9.90 Å². The highest BCUT2D eigenvalue weighted by Crippen LogP contribution is 2.41. The van der Waals surface area contributed by atoms with Gasteiger partial charge >= 0.3 is 0 Å². The number of ketones is 1. The van der Waals surface area contributed by atoms with Gasteiger partial charge in [-0.15, -0.1) is 0 Å². The minimum atomic E-state index is -1.12. The smallest absolute Gasteiger partial charge is 0.211 e. The number of carbonyl (C=O) groups excluding carboxylic acids is 1. The van der Waals surface area contributed by atoms with Gasteiger partial charge in [-0.3, -0.25) is 4.79 Å². The SMILES string of the molecule is Cc1ccc(N(c2ccc(C)cc2)c2ccc(C3C(=O)C(=C4C=CC(=[N+](c5ccc(C)cc5)c5ccc(C)cc5)C=C4)C3[O-])cc2)cc1. The molecule has 2 atom stereocenters. The van der Waals surface area contributed by atoms with Crippen molar-refractivity contribution in [1.29, 1.82) is 0 Å². The highest BCUT2D eigenvalue weighted by Gasteiger charge is 2.40. The molecule has 2 aliphatic rings. The highest BCUT2D eigenvalue weighted by molar-refractivity contribution is 6.13. The van der Waals surface area contributed by atoms with Crippen LogP contribution in [0.25, 0.3) is 0 Å². The average molecular weight is 627 g/mol. The van der Waals surface area contributed by atoms with Crippen LogP contribution < -0.4 is 14.6 Å². The predicted octanol–water partition coefficient (Wildman–Crippen LogP) is 9.18. The molecule has 0 N–H and O–H groups in total. The van der Waals surface area contributed by atoms with Crippen LogP contribution in [0.3, 0.4) is 0 Å². The molecule has 4 heteroatoms. The first-order valence-corrected chi connectivity index (χ1v) is 16.4. The Bertz CT molecular complexity index is 1990. The Balaban J connectivity index is 1.16. The molecule has 0 heterocycles. The van der Waals surface area contributed by atoms with Gasteiger partial charge in [0.25, 0.3) is 0 Å². The number of allylic oxidation sites excluding steroid dienone is 5. The van der Waals surface area contributed by atoms with Crippen molar-refractivity contribution in [3.05, 3.63) is 185 Å². The molecule has 0 bridgehead atoms. The Labute approximate surface area is 283 Å². The van der Waals surface area contributed by atoms with Crippen LogP contribution in [0.4, 0.5) is 28.4 Å². The number of Topliss-reactive ketones (excluding diaryl/α,β-unsaturated/α-hetero) is 1. The lowest BCUT2D eigenvalue weighted by Gasteiger charge is -2.44. The number of nitrogens with zero attached hydrogens (tertiary/aromatic N) is 2. The molecule has 1 saturated carbocycles. The van der Waals surface area contributed by atoms with E-state index in [0.717, 1.165) is 39.7 Å². The van der Waals surface area contributed by atoms with Gasteiger partial charge in [-0.2, -0.15) is 4.58 Å². The molecule has 0 saturated heterocycles. The average Bonchev–Trinajstić information content (AvgIpc) is 3.10. The van der Waals surface area contributed by atoms with Crippen molar-refractivity contribution in [2.45, 2.75) is 39.7 Å². The van der Waals surface area contributed by atoms with Crippen LogP contribution in [0.1, 0.15) is 33.7 Å². The molecule has 0 aliphatic heterocycles. The zero-order chi connectivity index (χ0) is 33.4. The van der Waals surface area contributed by atoms with E-state index in [4.69, 9.17) is 0 Å². The molecule has 0 spiro atoms. The lowest BCUT2D eigenvalue weighted by molar-refractivity contribution is -0.416. The lowest BCUT2D eigenvalue weighted by Crippen LogP contribution is -2.52. The molecule has 0 radical (unpaired) electrons. The Kier molecular flexibility index (Phi) is 8.34. The first-order chi connectivity index (χ1) is 23.3. The maximum absolute atomic E-state index is 13.6. The van der Waals surface area contributed by atoms with Crippen LogP contribution in [-0.4, -0.2) is 17.6 Å². The third-order valence-electron chi connectivity index (χ3n) is 9.25. The van der Waals surface area contributed by atoms with Crippen LogP contribution in [0, 0.1) is 27.7 Å². The third kappa shape index (κ3) is 5.99. The molecule has 0 aromatic heterocycles. The van der Waals surface area contributed by atoms with Crippen LogP contribution in [0.15, 0.2) is 157 Å². The molecule has 48 heavy (non-hydrogen) atoms. The summed E-state index contributed by atoms with van der Waals surface area (Å²) in [6.07, 6.45) is 6.68. The van der Waals surface area contributed by atoms with Crippen molar-refractivity contribution >= 4 is 39.9 Å². The van der Waals surface area contributed by atoms with Gasteiger partial charge in [0.1, 0.15) is 0 Å². The van der Waals surface area contributed by atoms with Crippen molar-refractivity contribution in [3.8, 4) is 0 Å². The van der Waals surface area contributed by atoms with E-state index in [0.29, 0.717) is 11.1 Å². The summed E-state index contributed by atoms with van der Waals surface area (Å²) in [7, 11) is 0. The second-order valence-electron chi connectivity index (χ2n) is 12.8. The zero-order valence-corrected chi connectivity index (χ0v) is 27.7. The van der Waals surface area contributed by atoms with E-state index >= 15 is 0 Å². The number of benzene rings is 5. The third-order valence-corrected chi connectivity index (χ3v) is 9.25. The number of anilines is 3. The summed E-state index contributed by atoms with van der Waals surface area (Å²) >= 11 is 0. The van der Waals surface area contributed by atoms with Gasteiger partial charge in [0.15, 0.2) is 5.78 Å². The van der Waals surface area contributed by atoms with E-state index in [-0.39, 0.29) is 5.78 Å². The summed E-state index contributed by atoms with van der Waals surface area (Å²) in [5.74, 6) is -0.795. The highest BCUT2D eigenvalue weighted by atomic mass is 16.3. The van der Waals surface area contributed by atoms with Gasteiger partial charge in [-0.1, -0.05) is 89.0 Å². The zero-order valence-electron chi connectivity index (χ0n) is 27.7. The van der Waals surface area contributed by atoms with Crippen molar-refractivity contribution in [2.75, 3.05) is 4.90 Å². The number of hydrogen-bond donors (Lipinski definition) is 0. The van der Waals surface area contributed by atoms with E-state index in [1.54, 1.807) is 0 Å². The van der Waals surface area contributed by atoms with Crippen molar-refractivity contribution in [3.63, 3.8) is 0 Å². The Hall–Kier alpha value is -5.58. The topological polar surface area (TPSA) is 46.4 Å². The fraction of sp³-hybridized carbons (Fsp3) is 0.136. The maximum Gasteiger partial charge on any atom is 0.211 e. The maximum atomic E-state index is 13.6. The number of carbonyl (C=O) groups is 1. The van der Waals surface area contributed by atoms with Crippen molar-refractivity contribution in [1.82, 2.24) is 4.58 Å². The van der Waals surface area contributed by atoms with E-state index in [9.17, 15) is 9.90 Å². The predicted molar refractivity (Wildman–Crippen MR) is 196 cm³/mol. The van der Waals surface area contributed by atoms with Gasteiger partial charge in [-0.25, -0.2) is 0 Å². The molecule has 0 amide bonds. The molecule has 1 fully saturated rings. The molecule has 7 rings (SSSR count). The van der Waals surface area contributed by atoms with E-state index in [1.165, 1.54) is 22.3 Å². The minimum Gasteiger partial charge on any atom is -0.848 e. The fourth-order valence-corrected chi connectivity index (χ4v) is 6.44. The van der Waals surface area contributed by atoms with Gasteiger partial charge in [0, 0.05) is 59.4 Å². The Morgan fingerprint density at radius 3 is 1.29 bits per heavy atom. The normalized spacial score (nSPS) is 17.0. The number of aryl methyl sites for hydroxylation is 4. The molecular formula is C44H38N2O2. The molecule has 2 aliphatic carbocycles. The van der Waals surface area contributed by atoms with Crippen LogP contribution in [0.5, 0.6) is 0 Å². The quantitative estimate of drug-likeness (QED) is 0.139. The van der Waals surface area contributed by atoms with E-state index in [2.05, 4.69) is 134 Å². The summed E-state index contributed by atoms with van der Waals surface area (Å²) in [6.45, 7) is 8.31.